The lowest BCUT2D eigenvalue weighted by atomic mass is 9.76. The van der Waals surface area contributed by atoms with Crippen LogP contribution in [0.4, 0.5) is 0 Å². The highest BCUT2D eigenvalue weighted by molar-refractivity contribution is 4.91. The van der Waals surface area contributed by atoms with Gasteiger partial charge in [0, 0.05) is 18.6 Å². The quantitative estimate of drug-likeness (QED) is 0.814. The molecule has 0 aromatic heterocycles. The maximum absolute atomic E-state index is 6.41. The van der Waals surface area contributed by atoms with Crippen LogP contribution in [0.5, 0.6) is 0 Å². The predicted octanol–water partition coefficient (Wildman–Crippen LogP) is 3.26. The van der Waals surface area contributed by atoms with E-state index in [9.17, 15) is 0 Å². The van der Waals surface area contributed by atoms with E-state index in [-0.39, 0.29) is 0 Å². The second-order valence-electron chi connectivity index (χ2n) is 6.93. The van der Waals surface area contributed by atoms with E-state index in [1.54, 1.807) is 0 Å². The van der Waals surface area contributed by atoms with E-state index < -0.39 is 0 Å². The van der Waals surface area contributed by atoms with Gasteiger partial charge in [0.05, 0.1) is 0 Å². The largest absolute Gasteiger partial charge is 0.326 e. The van der Waals surface area contributed by atoms with E-state index in [1.165, 1.54) is 51.6 Å². The Labute approximate surface area is 113 Å². The second kappa shape index (κ2) is 6.38. The molecule has 0 aliphatic heterocycles. The average molecular weight is 252 g/mol. The van der Waals surface area contributed by atoms with Crippen molar-refractivity contribution in [3.63, 3.8) is 0 Å². The molecule has 0 spiro atoms. The van der Waals surface area contributed by atoms with E-state index >= 15 is 0 Å². The Morgan fingerprint density at radius 2 is 1.89 bits per heavy atom. The Balaban J connectivity index is 1.93. The summed E-state index contributed by atoms with van der Waals surface area (Å²) in [5, 5.41) is 0. The van der Waals surface area contributed by atoms with Crippen LogP contribution in [0.1, 0.15) is 59.3 Å². The van der Waals surface area contributed by atoms with Gasteiger partial charge in [0.15, 0.2) is 0 Å². The molecule has 3 atom stereocenters. The molecule has 3 unspecified atom stereocenters. The Kier molecular flexibility index (Phi) is 5.08. The van der Waals surface area contributed by atoms with Crippen molar-refractivity contribution in [2.75, 3.05) is 13.1 Å². The second-order valence-corrected chi connectivity index (χ2v) is 6.93. The van der Waals surface area contributed by atoms with E-state index in [4.69, 9.17) is 5.73 Å². The van der Waals surface area contributed by atoms with Crippen molar-refractivity contribution in [1.82, 2.24) is 4.90 Å². The molecule has 0 aromatic rings. The van der Waals surface area contributed by atoms with Crippen LogP contribution < -0.4 is 5.73 Å². The van der Waals surface area contributed by atoms with Gasteiger partial charge in [-0.05, 0) is 56.4 Å². The number of hydrogen-bond acceptors (Lipinski definition) is 2. The molecule has 2 rings (SSSR count). The van der Waals surface area contributed by atoms with Gasteiger partial charge in [-0.1, -0.05) is 27.2 Å². The van der Waals surface area contributed by atoms with Crippen molar-refractivity contribution in [2.45, 2.75) is 71.4 Å². The maximum atomic E-state index is 6.41. The third-order valence-electron chi connectivity index (χ3n) is 5.44. The van der Waals surface area contributed by atoms with Gasteiger partial charge in [-0.3, -0.25) is 4.90 Å². The summed E-state index contributed by atoms with van der Waals surface area (Å²) in [7, 11) is 0. The van der Waals surface area contributed by atoms with Crippen molar-refractivity contribution < 1.29 is 0 Å². The summed E-state index contributed by atoms with van der Waals surface area (Å²) in [6.45, 7) is 9.55. The van der Waals surface area contributed by atoms with Crippen LogP contribution in [-0.2, 0) is 0 Å². The fourth-order valence-corrected chi connectivity index (χ4v) is 3.73. The summed E-state index contributed by atoms with van der Waals surface area (Å²) in [6, 6.07) is 1.07. The molecule has 2 aliphatic rings. The molecule has 18 heavy (non-hydrogen) atoms. The van der Waals surface area contributed by atoms with E-state index in [0.29, 0.717) is 12.1 Å². The third-order valence-corrected chi connectivity index (χ3v) is 5.44. The summed E-state index contributed by atoms with van der Waals surface area (Å²) in [5.74, 6) is 2.68. The topological polar surface area (TPSA) is 29.3 Å². The minimum absolute atomic E-state index is 0.417. The molecule has 0 saturated heterocycles. The number of nitrogens with zero attached hydrogens (tertiary/aromatic N) is 1. The summed E-state index contributed by atoms with van der Waals surface area (Å²) in [4.78, 5) is 2.70. The Morgan fingerprint density at radius 3 is 2.39 bits per heavy atom. The molecule has 2 aliphatic carbocycles. The van der Waals surface area contributed by atoms with Crippen LogP contribution in [0.3, 0.4) is 0 Å². The monoisotopic (exact) mass is 252 g/mol. The zero-order valence-electron chi connectivity index (χ0n) is 12.6. The molecule has 2 fully saturated rings. The summed E-state index contributed by atoms with van der Waals surface area (Å²) in [5.41, 5.74) is 6.41. The maximum Gasteiger partial charge on any atom is 0.0249 e. The van der Waals surface area contributed by atoms with Crippen LogP contribution in [0.25, 0.3) is 0 Å². The first-order chi connectivity index (χ1) is 8.61. The van der Waals surface area contributed by atoms with Crippen LogP contribution in [-0.4, -0.2) is 30.1 Å². The molecule has 0 heterocycles. The zero-order chi connectivity index (χ0) is 13.1. The fraction of sp³-hybridized carbons (Fsp3) is 1.00. The highest BCUT2D eigenvalue weighted by atomic mass is 15.2. The normalized spacial score (nSPS) is 34.0. The van der Waals surface area contributed by atoms with E-state index in [2.05, 4.69) is 25.7 Å². The van der Waals surface area contributed by atoms with Gasteiger partial charge in [0.2, 0.25) is 0 Å². The molecule has 2 saturated carbocycles. The molecule has 2 N–H and O–H groups in total. The van der Waals surface area contributed by atoms with Crippen LogP contribution in [0.2, 0.25) is 0 Å². The Morgan fingerprint density at radius 1 is 1.17 bits per heavy atom. The Hall–Kier alpha value is -0.0800. The average Bonchev–Trinajstić information content (AvgIpc) is 2.29. The predicted molar refractivity (Wildman–Crippen MR) is 78.5 cm³/mol. The minimum atomic E-state index is 0.417. The van der Waals surface area contributed by atoms with Crippen LogP contribution in [0, 0.1) is 17.8 Å². The lowest BCUT2D eigenvalue weighted by molar-refractivity contribution is 0.0728. The highest BCUT2D eigenvalue weighted by Crippen LogP contribution is 2.34. The summed E-state index contributed by atoms with van der Waals surface area (Å²) >= 11 is 0. The lowest BCUT2D eigenvalue weighted by Gasteiger charge is -2.44. The van der Waals surface area contributed by atoms with Crippen molar-refractivity contribution in [3.8, 4) is 0 Å². The summed E-state index contributed by atoms with van der Waals surface area (Å²) in [6.07, 6.45) is 8.26. The number of nitrogens with two attached hydrogens (primary N) is 1. The van der Waals surface area contributed by atoms with Crippen molar-refractivity contribution >= 4 is 0 Å². The van der Waals surface area contributed by atoms with E-state index in [0.717, 1.165) is 17.8 Å². The minimum Gasteiger partial charge on any atom is -0.326 e. The van der Waals surface area contributed by atoms with Gasteiger partial charge in [-0.15, -0.1) is 0 Å². The van der Waals surface area contributed by atoms with Gasteiger partial charge in [0.1, 0.15) is 0 Å². The third kappa shape index (κ3) is 3.27. The molecule has 2 nitrogen and oxygen atoms in total. The first-order valence-electron chi connectivity index (χ1n) is 8.11. The van der Waals surface area contributed by atoms with Gasteiger partial charge in [-0.2, -0.15) is 0 Å². The molecule has 0 radical (unpaired) electrons. The van der Waals surface area contributed by atoms with Gasteiger partial charge >= 0.3 is 0 Å². The van der Waals surface area contributed by atoms with Crippen molar-refractivity contribution in [3.05, 3.63) is 0 Å². The fourth-order valence-electron chi connectivity index (χ4n) is 3.73. The van der Waals surface area contributed by atoms with E-state index in [1.807, 2.05) is 0 Å². The smallest absolute Gasteiger partial charge is 0.0249 e. The SMILES string of the molecule is CCN(CC1CCC1)C1CC(C(C)C)CCC1N. The van der Waals surface area contributed by atoms with Gasteiger partial charge in [0.25, 0.3) is 0 Å². The molecule has 0 aromatic carbocycles. The van der Waals surface area contributed by atoms with Crippen LogP contribution >= 0.6 is 0 Å². The molecule has 0 bridgehead atoms. The van der Waals surface area contributed by atoms with Gasteiger partial charge in [-0.25, -0.2) is 0 Å². The highest BCUT2D eigenvalue weighted by Gasteiger charge is 2.34. The Bertz CT molecular complexity index is 247. The molecule has 0 amide bonds. The lowest BCUT2D eigenvalue weighted by Crippen LogP contribution is -2.53. The van der Waals surface area contributed by atoms with Crippen LogP contribution in [0.15, 0.2) is 0 Å². The standard InChI is InChI=1S/C16H32N2/c1-4-18(11-13-6-5-7-13)16-10-14(12(2)3)8-9-15(16)17/h12-16H,4-11,17H2,1-3H3. The summed E-state index contributed by atoms with van der Waals surface area (Å²) < 4.78 is 0. The van der Waals surface area contributed by atoms with Crippen molar-refractivity contribution in [2.24, 2.45) is 23.5 Å². The number of hydrogen-bond donors (Lipinski definition) is 1. The first-order valence-corrected chi connectivity index (χ1v) is 8.11. The molecular weight excluding hydrogens is 220 g/mol. The number of likely N-dealkylation sites (N-methyl/N-ethyl adjacent to an activating group) is 1. The molecular formula is C16H32N2. The number of rotatable bonds is 5. The van der Waals surface area contributed by atoms with Gasteiger partial charge < -0.3 is 5.73 Å². The van der Waals surface area contributed by atoms with Crippen molar-refractivity contribution in [1.29, 1.82) is 0 Å². The first kappa shape index (κ1) is 14.3. The zero-order valence-corrected chi connectivity index (χ0v) is 12.6. The molecule has 2 heteroatoms. The molecule has 106 valence electrons.